The van der Waals surface area contributed by atoms with E-state index in [4.69, 9.17) is 24.2 Å². The van der Waals surface area contributed by atoms with E-state index in [-0.39, 0.29) is 81.0 Å². The zero-order valence-electron chi connectivity index (χ0n) is 45.5. The summed E-state index contributed by atoms with van der Waals surface area (Å²) in [6.07, 6.45) is 6.22. The second kappa shape index (κ2) is 42.0. The fourth-order valence-corrected chi connectivity index (χ4v) is 7.09. The number of rotatable bonds is 33. The monoisotopic (exact) mass is 1080 g/mol. The van der Waals surface area contributed by atoms with E-state index in [0.717, 1.165) is 44.6 Å². The van der Waals surface area contributed by atoms with Gasteiger partial charge in [0.2, 0.25) is 23.6 Å². The first kappa shape index (κ1) is 67.9. The van der Waals surface area contributed by atoms with Gasteiger partial charge in [0.15, 0.2) is 6.29 Å². The lowest BCUT2D eigenvalue weighted by Gasteiger charge is -2.22. The molecular weight excluding hydrogens is 1000 g/mol. The number of pyridine rings is 1. The lowest BCUT2D eigenvalue weighted by molar-refractivity contribution is -0.142. The third-order valence-electron chi connectivity index (χ3n) is 11.0. The molecule has 7 N–H and O–H groups in total. The van der Waals surface area contributed by atoms with Gasteiger partial charge in [-0.15, -0.1) is 0 Å². The number of carboxylic acids is 1. The highest BCUT2D eigenvalue weighted by atomic mass is 19.1. The summed E-state index contributed by atoms with van der Waals surface area (Å²) in [7, 11) is 1.83. The van der Waals surface area contributed by atoms with E-state index in [0.29, 0.717) is 87.2 Å². The van der Waals surface area contributed by atoms with Gasteiger partial charge >= 0.3 is 5.97 Å². The Kier molecular flexibility index (Phi) is 37.1. The van der Waals surface area contributed by atoms with Gasteiger partial charge in [-0.1, -0.05) is 27.7 Å². The van der Waals surface area contributed by atoms with Gasteiger partial charge in [0.1, 0.15) is 36.3 Å². The minimum absolute atomic E-state index is 0.0107. The van der Waals surface area contributed by atoms with Gasteiger partial charge in [0.25, 0.3) is 11.8 Å². The van der Waals surface area contributed by atoms with Crippen molar-refractivity contribution < 1.29 is 66.8 Å². The lowest BCUT2D eigenvalue weighted by atomic mass is 10.1. The Hall–Kier alpha value is -7.13. The smallest absolute Gasteiger partial charge is 0.326 e. The molecule has 2 aromatic carbocycles. The second-order valence-corrected chi connectivity index (χ2v) is 16.5. The van der Waals surface area contributed by atoms with Crippen LogP contribution in [0.5, 0.6) is 5.75 Å². The first-order valence-electron chi connectivity index (χ1n) is 26.2. The summed E-state index contributed by atoms with van der Waals surface area (Å²) in [4.78, 5) is 102. The fraction of sp³-hybridized carbons (Fsp3) is 0.556. The molecule has 2 atom stereocenters. The molecule has 1 aliphatic heterocycles. The Labute approximate surface area is 451 Å². The number of aromatic nitrogens is 1. The van der Waals surface area contributed by atoms with Crippen LogP contribution in [0.25, 0.3) is 10.9 Å². The molecule has 1 saturated heterocycles. The van der Waals surface area contributed by atoms with Crippen molar-refractivity contribution in [2.24, 2.45) is 0 Å². The summed E-state index contributed by atoms with van der Waals surface area (Å²) < 4.78 is 35.0. The maximum absolute atomic E-state index is 13.6. The normalized spacial score (nSPS) is 12.1. The molecule has 0 bridgehead atoms. The molecule has 2 unspecified atom stereocenters. The van der Waals surface area contributed by atoms with Crippen molar-refractivity contribution in [3.63, 3.8) is 0 Å². The quantitative estimate of drug-likeness (QED) is 0.0337. The maximum atomic E-state index is 13.6. The van der Waals surface area contributed by atoms with Crippen molar-refractivity contribution >= 4 is 58.6 Å². The number of nitrogens with zero attached hydrogens (tertiary/aromatic N) is 3. The molecule has 0 saturated carbocycles. The number of carboxylic acid groups (broad SMARTS) is 1. The molecule has 4 rings (SSSR count). The van der Waals surface area contributed by atoms with Crippen molar-refractivity contribution in [1.29, 1.82) is 5.26 Å². The van der Waals surface area contributed by atoms with E-state index < -0.39 is 41.6 Å². The van der Waals surface area contributed by atoms with Gasteiger partial charge in [0, 0.05) is 69.3 Å². The molecule has 0 spiro atoms. The molecule has 2 heterocycles. The van der Waals surface area contributed by atoms with Crippen LogP contribution in [0.3, 0.4) is 0 Å². The van der Waals surface area contributed by atoms with Crippen LogP contribution in [0, 0.1) is 17.1 Å². The van der Waals surface area contributed by atoms with E-state index in [9.17, 15) is 47.9 Å². The molecule has 1 aromatic heterocycles. The predicted molar refractivity (Wildman–Crippen MR) is 286 cm³/mol. The van der Waals surface area contributed by atoms with Gasteiger partial charge in [-0.2, -0.15) is 5.26 Å². The number of halogens is 1. The number of benzene rings is 2. The third kappa shape index (κ3) is 28.5. The van der Waals surface area contributed by atoms with Crippen molar-refractivity contribution in [2.45, 2.75) is 104 Å². The number of aldehydes is 1. The fourth-order valence-electron chi connectivity index (χ4n) is 7.09. The van der Waals surface area contributed by atoms with E-state index in [1.165, 1.54) is 19.2 Å². The van der Waals surface area contributed by atoms with Crippen LogP contribution in [0.15, 0.2) is 48.7 Å². The average Bonchev–Trinajstić information content (AvgIpc) is 3.99. The summed E-state index contributed by atoms with van der Waals surface area (Å²) in [5.74, 6) is -3.65. The van der Waals surface area contributed by atoms with E-state index in [2.05, 4.69) is 36.9 Å². The van der Waals surface area contributed by atoms with E-state index in [1.54, 1.807) is 35.2 Å². The van der Waals surface area contributed by atoms with Crippen molar-refractivity contribution in [3.05, 3.63) is 71.2 Å². The molecule has 23 heteroatoms. The number of aliphatic carboxylic acids is 1. The molecule has 77 heavy (non-hydrogen) atoms. The van der Waals surface area contributed by atoms with Gasteiger partial charge in [-0.05, 0) is 94.8 Å². The number of likely N-dealkylation sites (tertiary alicyclic amines) is 1. The lowest BCUT2D eigenvalue weighted by Crippen LogP contribution is -2.51. The van der Waals surface area contributed by atoms with Crippen LogP contribution < -0.4 is 36.6 Å². The molecule has 1 fully saturated rings. The zero-order chi connectivity index (χ0) is 57.2. The van der Waals surface area contributed by atoms with Crippen molar-refractivity contribution in [1.82, 2.24) is 41.8 Å². The average molecular weight is 1080 g/mol. The standard InChI is InChI=1S/C32H49FN6O9.C18H19N3O4.2C2H6/c1-23(40)36-12-5-4-8-28(32(44)45)39-31(43)27(38-29(41)11-15-46-17-19-48-20-18-47-16-14-35-2)7-3-6-13-37-30(42)24-9-10-26(33)25(21-24)22-34;22-9-10-25-13-3-4-14-15(5-6-19-16(14)11-13)18(24)20-12-17(23)21-7-1-2-8-21;2*1-2/h9-10,21,27-28,35H,3-8,11-20H2,1-2H3,(H,36,40)(H,37,42)(H,38,41)(H,39,43)(H,44,45);3-6,9,11H,1-2,7-8,10,12H2,(H,20,24);2*1-2H3. The summed E-state index contributed by atoms with van der Waals surface area (Å²) in [5.41, 5.74) is 0.903. The number of nitrogens with one attached hydrogen (secondary N) is 6. The predicted octanol–water partition coefficient (Wildman–Crippen LogP) is 3.83. The van der Waals surface area contributed by atoms with Crippen LogP contribution in [-0.4, -0.2) is 167 Å². The van der Waals surface area contributed by atoms with Gasteiger partial charge in [0.05, 0.1) is 62.8 Å². The molecule has 1 aliphatic rings. The number of fused-ring (bicyclic) bond motifs is 1. The van der Waals surface area contributed by atoms with Crippen LogP contribution in [0.1, 0.15) is 119 Å². The number of nitriles is 1. The maximum Gasteiger partial charge on any atom is 0.326 e. The highest BCUT2D eigenvalue weighted by Crippen LogP contribution is 2.22. The van der Waals surface area contributed by atoms with Gasteiger partial charge in [-0.3, -0.25) is 38.5 Å². The number of ether oxygens (including phenoxy) is 4. The Balaban J connectivity index is 0.000000847. The first-order valence-corrected chi connectivity index (χ1v) is 26.2. The number of hydrogen-bond donors (Lipinski definition) is 7. The van der Waals surface area contributed by atoms with Crippen LogP contribution in [-0.2, 0) is 43.0 Å². The molecular formula is C54H80FN9O13. The molecule has 22 nitrogen and oxygen atoms in total. The zero-order valence-corrected chi connectivity index (χ0v) is 45.5. The van der Waals surface area contributed by atoms with Crippen LogP contribution >= 0.6 is 0 Å². The second-order valence-electron chi connectivity index (χ2n) is 16.5. The molecule has 426 valence electrons. The third-order valence-corrected chi connectivity index (χ3v) is 11.0. The summed E-state index contributed by atoms with van der Waals surface area (Å²) in [6, 6.07) is 9.58. The number of carbonyl (C=O) groups excluding carboxylic acids is 7. The Bertz CT molecular complexity index is 2310. The number of unbranched alkanes of at least 4 members (excludes halogenated alkanes) is 2. The minimum Gasteiger partial charge on any atom is -0.486 e. The summed E-state index contributed by atoms with van der Waals surface area (Å²) in [6.45, 7) is 14.3. The Morgan fingerprint density at radius 3 is 2.04 bits per heavy atom. The topological polar surface area (TPSA) is 306 Å². The highest BCUT2D eigenvalue weighted by Gasteiger charge is 2.26. The van der Waals surface area contributed by atoms with Gasteiger partial charge in [-0.25, -0.2) is 9.18 Å². The Morgan fingerprint density at radius 1 is 0.779 bits per heavy atom. The Morgan fingerprint density at radius 2 is 1.42 bits per heavy atom. The number of amides is 6. The van der Waals surface area contributed by atoms with Crippen molar-refractivity contribution in [3.8, 4) is 11.8 Å². The first-order chi connectivity index (χ1) is 37.3. The van der Waals surface area contributed by atoms with E-state index >= 15 is 0 Å². The van der Waals surface area contributed by atoms with Gasteiger partial charge < -0.3 is 60.9 Å². The highest BCUT2D eigenvalue weighted by molar-refractivity contribution is 6.07. The van der Waals surface area contributed by atoms with Crippen molar-refractivity contribution in [2.75, 3.05) is 92.6 Å². The van der Waals surface area contributed by atoms with E-state index in [1.807, 2.05) is 34.7 Å². The minimum atomic E-state index is -1.23. The van der Waals surface area contributed by atoms with Crippen LogP contribution in [0.4, 0.5) is 4.39 Å². The SMILES string of the molecule is CC.CC.CNCCOCCOCCOCCC(=O)NC(CCCCNC(=O)c1ccc(F)c(C#N)c1)C(=O)NC(CCCCNC(C)=O)C(=O)O.O=CCOc1ccc2c(C(=O)NCC(=O)N3CCCC3)ccnc2c1. The molecule has 0 radical (unpaired) electrons. The number of hydrogen-bond acceptors (Lipinski definition) is 15. The molecule has 0 aliphatic carbocycles. The number of carbonyl (C=O) groups is 8. The van der Waals surface area contributed by atoms with Crippen LogP contribution in [0.2, 0.25) is 0 Å². The molecule has 3 aromatic rings. The largest absolute Gasteiger partial charge is 0.486 e. The summed E-state index contributed by atoms with van der Waals surface area (Å²) >= 11 is 0. The molecule has 6 amide bonds. The number of likely N-dealkylation sites (N-methyl/N-ethyl adjacent to an activating group) is 1. The summed E-state index contributed by atoms with van der Waals surface area (Å²) in [5, 5.41) is 35.4.